The van der Waals surface area contributed by atoms with Crippen molar-refractivity contribution in [2.24, 2.45) is 5.92 Å². The third kappa shape index (κ3) is 4.54. The van der Waals surface area contributed by atoms with Gasteiger partial charge in [-0.05, 0) is 83.3 Å². The number of benzene rings is 1. The zero-order valence-corrected chi connectivity index (χ0v) is 18.2. The summed E-state index contributed by atoms with van der Waals surface area (Å²) in [5.74, 6) is 2.32. The number of hydrogen-bond donors (Lipinski definition) is 2. The maximum atomic E-state index is 6.22. The number of nitrogens with one attached hydrogen (secondary N) is 2. The normalized spacial score (nSPS) is 15.9. The molecule has 0 bridgehead atoms. The Hall–Kier alpha value is -2.18. The molecule has 1 saturated heterocycles. The van der Waals surface area contributed by atoms with Gasteiger partial charge in [-0.2, -0.15) is 0 Å². The topological polar surface area (TPSA) is 69.7 Å². The number of piperidine rings is 1. The molecule has 0 spiro atoms. The van der Waals surface area contributed by atoms with Crippen LogP contribution in [0.5, 0.6) is 0 Å². The molecule has 4 rings (SSSR count). The Morgan fingerprint density at radius 1 is 1.21 bits per heavy atom. The summed E-state index contributed by atoms with van der Waals surface area (Å²) in [7, 11) is 2.21. The summed E-state index contributed by atoms with van der Waals surface area (Å²) in [6.45, 7) is 7.35. The Labute approximate surface area is 177 Å². The molecule has 0 amide bonds. The minimum Gasteiger partial charge on any atom is -0.354 e. The van der Waals surface area contributed by atoms with Crippen molar-refractivity contribution in [3.8, 4) is 11.4 Å². The lowest BCUT2D eigenvalue weighted by atomic mass is 9.92. The molecule has 6 nitrogen and oxygen atoms in total. The van der Waals surface area contributed by atoms with Gasteiger partial charge in [-0.3, -0.25) is 0 Å². The fourth-order valence-electron chi connectivity index (χ4n) is 4.04. The second-order valence-electron chi connectivity index (χ2n) is 8.16. The molecule has 0 saturated carbocycles. The number of hydrogen-bond acceptors (Lipinski definition) is 5. The first-order valence-corrected chi connectivity index (χ1v) is 10.8. The number of aromatic nitrogens is 4. The van der Waals surface area contributed by atoms with Crippen LogP contribution in [-0.4, -0.2) is 51.5 Å². The van der Waals surface area contributed by atoms with Crippen LogP contribution in [0.15, 0.2) is 18.3 Å². The SMILES string of the molecule is Cc1nc(NCCCC2CCN(C)CC2)ncc1-c1nc2c(C)c(Cl)ccc2[nH]1. The smallest absolute Gasteiger partial charge is 0.222 e. The number of aryl methyl sites for hydroxylation is 2. The quantitative estimate of drug-likeness (QED) is 0.568. The second-order valence-corrected chi connectivity index (χ2v) is 8.57. The number of likely N-dealkylation sites (tertiary alicyclic amines) is 1. The fourth-order valence-corrected chi connectivity index (χ4v) is 4.19. The largest absolute Gasteiger partial charge is 0.354 e. The molecule has 0 atom stereocenters. The Bertz CT molecular complexity index is 990. The van der Waals surface area contributed by atoms with E-state index < -0.39 is 0 Å². The van der Waals surface area contributed by atoms with E-state index in [1.807, 2.05) is 32.2 Å². The van der Waals surface area contributed by atoms with E-state index >= 15 is 0 Å². The maximum Gasteiger partial charge on any atom is 0.222 e. The zero-order chi connectivity index (χ0) is 20.4. The van der Waals surface area contributed by atoms with Gasteiger partial charge in [0.2, 0.25) is 5.95 Å². The van der Waals surface area contributed by atoms with Gasteiger partial charge < -0.3 is 15.2 Å². The highest BCUT2D eigenvalue weighted by Crippen LogP contribution is 2.28. The fraction of sp³-hybridized carbons (Fsp3) is 0.500. The number of imidazole rings is 1. The average molecular weight is 413 g/mol. The van der Waals surface area contributed by atoms with Crippen LogP contribution in [0.3, 0.4) is 0 Å². The van der Waals surface area contributed by atoms with Crippen molar-refractivity contribution >= 4 is 28.6 Å². The van der Waals surface area contributed by atoms with Crippen LogP contribution in [0.2, 0.25) is 5.02 Å². The molecule has 2 aromatic heterocycles. The van der Waals surface area contributed by atoms with Crippen molar-refractivity contribution in [2.45, 2.75) is 39.5 Å². The molecule has 3 heterocycles. The number of fused-ring (bicyclic) bond motifs is 1. The van der Waals surface area contributed by atoms with Gasteiger partial charge in [0.25, 0.3) is 0 Å². The highest BCUT2D eigenvalue weighted by atomic mass is 35.5. The van der Waals surface area contributed by atoms with Crippen LogP contribution in [0.4, 0.5) is 5.95 Å². The van der Waals surface area contributed by atoms with E-state index in [1.54, 1.807) is 0 Å². The lowest BCUT2D eigenvalue weighted by Gasteiger charge is -2.28. The molecular formula is C22H29ClN6. The number of aromatic amines is 1. The van der Waals surface area contributed by atoms with Crippen LogP contribution in [0.1, 0.15) is 36.9 Å². The zero-order valence-electron chi connectivity index (χ0n) is 17.4. The van der Waals surface area contributed by atoms with E-state index in [1.165, 1.54) is 32.4 Å². The van der Waals surface area contributed by atoms with Crippen LogP contribution in [0, 0.1) is 19.8 Å². The van der Waals surface area contributed by atoms with Crippen molar-refractivity contribution in [1.82, 2.24) is 24.8 Å². The summed E-state index contributed by atoms with van der Waals surface area (Å²) in [6.07, 6.45) is 6.92. The van der Waals surface area contributed by atoms with Crippen molar-refractivity contribution in [1.29, 1.82) is 0 Å². The minimum absolute atomic E-state index is 0.685. The molecule has 1 aromatic carbocycles. The van der Waals surface area contributed by atoms with Gasteiger partial charge in [-0.25, -0.2) is 15.0 Å². The van der Waals surface area contributed by atoms with Gasteiger partial charge in [-0.15, -0.1) is 0 Å². The molecule has 154 valence electrons. The molecule has 0 unspecified atom stereocenters. The van der Waals surface area contributed by atoms with Crippen LogP contribution >= 0.6 is 11.6 Å². The summed E-state index contributed by atoms with van der Waals surface area (Å²) in [4.78, 5) is 19.6. The van der Waals surface area contributed by atoms with Gasteiger partial charge >= 0.3 is 0 Å². The van der Waals surface area contributed by atoms with Crippen LogP contribution in [-0.2, 0) is 0 Å². The predicted octanol–water partition coefficient (Wildman–Crippen LogP) is 4.82. The minimum atomic E-state index is 0.685. The van der Waals surface area contributed by atoms with Crippen LogP contribution in [0.25, 0.3) is 22.4 Å². The first kappa shape index (κ1) is 20.1. The van der Waals surface area contributed by atoms with Crippen LogP contribution < -0.4 is 5.32 Å². The number of rotatable bonds is 6. The maximum absolute atomic E-state index is 6.22. The molecule has 3 aromatic rings. The van der Waals surface area contributed by atoms with E-state index in [-0.39, 0.29) is 0 Å². The Balaban J connectivity index is 1.37. The third-order valence-corrected chi connectivity index (χ3v) is 6.40. The molecule has 0 radical (unpaired) electrons. The lowest BCUT2D eigenvalue weighted by Crippen LogP contribution is -2.30. The molecule has 7 heteroatoms. The van der Waals surface area contributed by atoms with E-state index in [0.29, 0.717) is 5.95 Å². The Morgan fingerprint density at radius 2 is 2.00 bits per heavy atom. The molecular weight excluding hydrogens is 384 g/mol. The highest BCUT2D eigenvalue weighted by Gasteiger charge is 2.16. The Morgan fingerprint density at radius 3 is 2.76 bits per heavy atom. The number of nitrogens with zero attached hydrogens (tertiary/aromatic N) is 4. The molecule has 1 fully saturated rings. The lowest BCUT2D eigenvalue weighted by molar-refractivity contribution is 0.211. The van der Waals surface area contributed by atoms with Gasteiger partial charge in [0, 0.05) is 17.8 Å². The average Bonchev–Trinajstić information content (AvgIpc) is 3.14. The first-order chi connectivity index (χ1) is 14.0. The van der Waals surface area contributed by atoms with E-state index in [2.05, 4.69) is 32.2 Å². The summed E-state index contributed by atoms with van der Waals surface area (Å²) in [5.41, 5.74) is 4.66. The second kappa shape index (κ2) is 8.67. The van der Waals surface area contributed by atoms with E-state index in [4.69, 9.17) is 16.6 Å². The first-order valence-electron chi connectivity index (χ1n) is 10.4. The van der Waals surface area contributed by atoms with Gasteiger partial charge in [-0.1, -0.05) is 11.6 Å². The predicted molar refractivity (Wildman–Crippen MR) is 120 cm³/mol. The molecule has 1 aliphatic rings. The third-order valence-electron chi connectivity index (χ3n) is 5.99. The monoisotopic (exact) mass is 412 g/mol. The summed E-state index contributed by atoms with van der Waals surface area (Å²) in [5, 5.41) is 4.10. The van der Waals surface area contributed by atoms with Crippen molar-refractivity contribution < 1.29 is 0 Å². The van der Waals surface area contributed by atoms with Crippen molar-refractivity contribution in [3.63, 3.8) is 0 Å². The molecule has 2 N–H and O–H groups in total. The van der Waals surface area contributed by atoms with E-state index in [9.17, 15) is 0 Å². The number of anilines is 1. The van der Waals surface area contributed by atoms with Gasteiger partial charge in [0.1, 0.15) is 5.82 Å². The summed E-state index contributed by atoms with van der Waals surface area (Å²) < 4.78 is 0. The molecule has 1 aliphatic heterocycles. The van der Waals surface area contributed by atoms with Gasteiger partial charge in [0.05, 0.1) is 22.3 Å². The number of halogens is 1. The standard InChI is InChI=1S/C22H29ClN6/c1-14-18(23)6-7-19-20(14)28-21(27-19)17-13-25-22(26-15(17)2)24-10-4-5-16-8-11-29(3)12-9-16/h6-7,13,16H,4-5,8-12H2,1-3H3,(H,27,28)(H,24,25,26). The van der Waals surface area contributed by atoms with Crippen molar-refractivity contribution in [3.05, 3.63) is 34.6 Å². The highest BCUT2D eigenvalue weighted by molar-refractivity contribution is 6.32. The Kier molecular flexibility index (Phi) is 6.01. The number of H-pyrrole nitrogens is 1. The molecule has 29 heavy (non-hydrogen) atoms. The summed E-state index contributed by atoms with van der Waals surface area (Å²) in [6, 6.07) is 3.85. The molecule has 0 aliphatic carbocycles. The van der Waals surface area contributed by atoms with Gasteiger partial charge in [0.15, 0.2) is 0 Å². The van der Waals surface area contributed by atoms with Crippen molar-refractivity contribution in [2.75, 3.05) is 32.0 Å². The van der Waals surface area contributed by atoms with E-state index in [0.717, 1.165) is 57.6 Å². The summed E-state index contributed by atoms with van der Waals surface area (Å²) >= 11 is 6.22.